The number of anilines is 1. The van der Waals surface area contributed by atoms with Gasteiger partial charge in [-0.1, -0.05) is 66.2 Å². The third kappa shape index (κ3) is 4.61. The van der Waals surface area contributed by atoms with E-state index in [1.54, 1.807) is 29.2 Å². The molecule has 0 aliphatic carbocycles. The van der Waals surface area contributed by atoms with Gasteiger partial charge in [0, 0.05) is 18.3 Å². The van der Waals surface area contributed by atoms with Crippen molar-refractivity contribution in [2.45, 2.75) is 37.6 Å². The van der Waals surface area contributed by atoms with Gasteiger partial charge in [0.15, 0.2) is 0 Å². The molecule has 5 nitrogen and oxygen atoms in total. The maximum absolute atomic E-state index is 13.5. The molecule has 0 aromatic heterocycles. The molecule has 32 heavy (non-hydrogen) atoms. The number of carbonyl (C=O) groups is 1. The number of fused-ring (bicyclic) bond motifs is 1. The van der Waals surface area contributed by atoms with E-state index in [2.05, 4.69) is 0 Å². The Morgan fingerprint density at radius 2 is 1.62 bits per heavy atom. The van der Waals surface area contributed by atoms with E-state index in [4.69, 9.17) is 0 Å². The van der Waals surface area contributed by atoms with Gasteiger partial charge in [0.25, 0.3) is 0 Å². The number of amides is 1. The molecule has 0 N–H and O–H groups in total. The molecule has 1 atom stereocenters. The lowest BCUT2D eigenvalue weighted by Gasteiger charge is -2.27. The number of sulfonamides is 1. The molecule has 0 radical (unpaired) electrons. The molecule has 1 heterocycles. The minimum absolute atomic E-state index is 0.00190. The van der Waals surface area contributed by atoms with Crippen molar-refractivity contribution in [1.29, 1.82) is 0 Å². The summed E-state index contributed by atoms with van der Waals surface area (Å²) >= 11 is 0. The molecule has 0 saturated heterocycles. The second-order valence-corrected chi connectivity index (χ2v) is 10.3. The molecule has 1 amide bonds. The van der Waals surface area contributed by atoms with Crippen LogP contribution in [0.25, 0.3) is 0 Å². The number of benzene rings is 3. The van der Waals surface area contributed by atoms with Gasteiger partial charge >= 0.3 is 0 Å². The van der Waals surface area contributed by atoms with E-state index in [0.29, 0.717) is 6.42 Å². The summed E-state index contributed by atoms with van der Waals surface area (Å²) in [6.07, 6.45) is 1.31. The van der Waals surface area contributed by atoms with E-state index in [-0.39, 0.29) is 29.9 Å². The number of carbonyl (C=O) groups excluding carboxylic acids is 1. The van der Waals surface area contributed by atoms with Crippen LogP contribution < -0.4 is 4.90 Å². The first kappa shape index (κ1) is 22.2. The van der Waals surface area contributed by atoms with Crippen LogP contribution in [0.4, 0.5) is 5.69 Å². The summed E-state index contributed by atoms with van der Waals surface area (Å²) in [5, 5.41) is 0. The number of aryl methyl sites for hydroxylation is 1. The molecular weight excluding hydrogens is 420 g/mol. The van der Waals surface area contributed by atoms with Crippen molar-refractivity contribution in [2.75, 3.05) is 18.0 Å². The van der Waals surface area contributed by atoms with Crippen molar-refractivity contribution in [3.63, 3.8) is 0 Å². The molecule has 1 unspecified atom stereocenters. The van der Waals surface area contributed by atoms with E-state index >= 15 is 0 Å². The van der Waals surface area contributed by atoms with Crippen molar-refractivity contribution >= 4 is 21.6 Å². The number of hydrogen-bond acceptors (Lipinski definition) is 3. The summed E-state index contributed by atoms with van der Waals surface area (Å²) in [7, 11) is -3.82. The van der Waals surface area contributed by atoms with E-state index in [1.165, 1.54) is 4.31 Å². The van der Waals surface area contributed by atoms with Crippen LogP contribution in [0.2, 0.25) is 0 Å². The van der Waals surface area contributed by atoms with Gasteiger partial charge in [-0.15, -0.1) is 0 Å². The van der Waals surface area contributed by atoms with Gasteiger partial charge in [0.1, 0.15) is 0 Å². The van der Waals surface area contributed by atoms with E-state index in [9.17, 15) is 13.2 Å². The fourth-order valence-corrected chi connectivity index (χ4v) is 5.60. The van der Waals surface area contributed by atoms with Crippen LogP contribution in [-0.2, 0) is 27.7 Å². The molecule has 0 bridgehead atoms. The first-order valence-corrected chi connectivity index (χ1v) is 12.3. The van der Waals surface area contributed by atoms with Gasteiger partial charge in [0.2, 0.25) is 15.9 Å². The zero-order valence-electron chi connectivity index (χ0n) is 18.4. The minimum Gasteiger partial charge on any atom is -0.308 e. The predicted octanol–water partition coefficient (Wildman–Crippen LogP) is 4.21. The van der Waals surface area contributed by atoms with Crippen molar-refractivity contribution in [2.24, 2.45) is 0 Å². The SMILES string of the molecule is Cc1ccc(S(=O)(=O)N(CCc2ccccc2)CC(=O)N2c3ccccc3CC2C)cc1. The highest BCUT2D eigenvalue weighted by molar-refractivity contribution is 7.89. The summed E-state index contributed by atoms with van der Waals surface area (Å²) in [5.74, 6) is -0.203. The van der Waals surface area contributed by atoms with E-state index in [0.717, 1.165) is 28.8 Å². The largest absolute Gasteiger partial charge is 0.308 e. The minimum atomic E-state index is -3.82. The summed E-state index contributed by atoms with van der Waals surface area (Å²) in [6, 6.07) is 24.3. The lowest BCUT2D eigenvalue weighted by atomic mass is 10.1. The number of rotatable bonds is 7. The molecule has 1 aliphatic rings. The smallest absolute Gasteiger partial charge is 0.243 e. The summed E-state index contributed by atoms with van der Waals surface area (Å²) in [5.41, 5.74) is 4.01. The summed E-state index contributed by atoms with van der Waals surface area (Å²) < 4.78 is 28.3. The molecule has 3 aromatic rings. The van der Waals surface area contributed by atoms with Gasteiger partial charge in [-0.2, -0.15) is 4.31 Å². The average molecular weight is 449 g/mol. The quantitative estimate of drug-likeness (QED) is 0.544. The highest BCUT2D eigenvalue weighted by atomic mass is 32.2. The van der Waals surface area contributed by atoms with Gasteiger partial charge in [0.05, 0.1) is 11.4 Å². The van der Waals surface area contributed by atoms with Gasteiger partial charge < -0.3 is 4.90 Å². The molecule has 6 heteroatoms. The average Bonchev–Trinajstić information content (AvgIpc) is 3.13. The van der Waals surface area contributed by atoms with Gasteiger partial charge in [-0.3, -0.25) is 4.79 Å². The van der Waals surface area contributed by atoms with Crippen molar-refractivity contribution in [1.82, 2.24) is 4.31 Å². The fourth-order valence-electron chi connectivity index (χ4n) is 4.21. The van der Waals surface area contributed by atoms with Gasteiger partial charge in [-0.05, 0) is 56.0 Å². The second kappa shape index (κ2) is 9.27. The Hall–Kier alpha value is -2.96. The zero-order chi connectivity index (χ0) is 22.7. The normalized spacial score (nSPS) is 15.7. The van der Waals surface area contributed by atoms with Crippen molar-refractivity contribution < 1.29 is 13.2 Å². The monoisotopic (exact) mass is 448 g/mol. The van der Waals surface area contributed by atoms with Crippen LogP contribution in [0.15, 0.2) is 83.8 Å². The Morgan fingerprint density at radius 1 is 0.969 bits per heavy atom. The third-order valence-electron chi connectivity index (χ3n) is 5.94. The van der Waals surface area contributed by atoms with Crippen LogP contribution >= 0.6 is 0 Å². The van der Waals surface area contributed by atoms with Crippen LogP contribution in [-0.4, -0.2) is 37.8 Å². The molecule has 0 saturated carbocycles. The molecule has 1 aliphatic heterocycles. The maximum Gasteiger partial charge on any atom is 0.243 e. The molecule has 4 rings (SSSR count). The first-order chi connectivity index (χ1) is 15.4. The summed E-state index contributed by atoms with van der Waals surface area (Å²) in [4.78, 5) is 15.3. The molecule has 166 valence electrons. The molecule has 0 fully saturated rings. The highest BCUT2D eigenvalue weighted by Gasteiger charge is 2.34. The summed E-state index contributed by atoms with van der Waals surface area (Å²) in [6.45, 7) is 3.96. The van der Waals surface area contributed by atoms with Crippen LogP contribution in [0, 0.1) is 6.92 Å². The van der Waals surface area contributed by atoms with E-state index < -0.39 is 10.0 Å². The number of nitrogens with zero attached hydrogens (tertiary/aromatic N) is 2. The third-order valence-corrected chi connectivity index (χ3v) is 7.80. The number of hydrogen-bond donors (Lipinski definition) is 0. The Balaban J connectivity index is 1.61. The fraction of sp³-hybridized carbons (Fsp3) is 0.269. The Labute approximate surface area is 190 Å². The van der Waals surface area contributed by atoms with Crippen LogP contribution in [0.1, 0.15) is 23.6 Å². The lowest BCUT2D eigenvalue weighted by molar-refractivity contribution is -0.119. The maximum atomic E-state index is 13.5. The van der Waals surface area contributed by atoms with Crippen LogP contribution in [0.3, 0.4) is 0 Å². The zero-order valence-corrected chi connectivity index (χ0v) is 19.3. The van der Waals surface area contributed by atoms with Crippen molar-refractivity contribution in [3.8, 4) is 0 Å². The number of para-hydroxylation sites is 1. The highest BCUT2D eigenvalue weighted by Crippen LogP contribution is 2.32. The Kier molecular flexibility index (Phi) is 6.44. The van der Waals surface area contributed by atoms with Crippen LogP contribution in [0.5, 0.6) is 0 Å². The lowest BCUT2D eigenvalue weighted by Crippen LogP contribution is -2.45. The predicted molar refractivity (Wildman–Crippen MR) is 127 cm³/mol. The van der Waals surface area contributed by atoms with Gasteiger partial charge in [-0.25, -0.2) is 8.42 Å². The second-order valence-electron chi connectivity index (χ2n) is 8.33. The molecular formula is C26H28N2O3S. The van der Waals surface area contributed by atoms with E-state index in [1.807, 2.05) is 68.4 Å². The van der Waals surface area contributed by atoms with Crippen molar-refractivity contribution in [3.05, 3.63) is 95.6 Å². The topological polar surface area (TPSA) is 57.7 Å². The standard InChI is InChI=1S/C26H28N2O3S/c1-20-12-14-24(15-13-20)32(30,31)27(17-16-22-8-4-3-5-9-22)19-26(29)28-21(2)18-23-10-6-7-11-25(23)28/h3-15,21H,16-19H2,1-2H3. The first-order valence-electron chi connectivity index (χ1n) is 10.9. The molecule has 0 spiro atoms. The molecule has 3 aromatic carbocycles. The Morgan fingerprint density at radius 3 is 2.34 bits per heavy atom. The Bertz CT molecular complexity index is 1190.